The van der Waals surface area contributed by atoms with Crippen molar-refractivity contribution in [2.24, 2.45) is 5.73 Å². The zero-order valence-corrected chi connectivity index (χ0v) is 12.9. The van der Waals surface area contributed by atoms with Crippen molar-refractivity contribution in [3.05, 3.63) is 30.1 Å². The fraction of sp³-hybridized carbons (Fsp3) is 0.455. The lowest BCUT2D eigenvalue weighted by Gasteiger charge is -2.15. The molecule has 4 atom stereocenters. The molecule has 2 heterocycles. The Bertz CT molecular complexity index is 614. The number of ether oxygens (including phenoxy) is 1. The van der Waals surface area contributed by atoms with Crippen molar-refractivity contribution in [3.63, 3.8) is 0 Å². The first-order valence-corrected chi connectivity index (χ1v) is 8.80. The molecule has 1 aliphatic rings. The van der Waals surface area contributed by atoms with Gasteiger partial charge in [-0.1, -0.05) is 0 Å². The van der Waals surface area contributed by atoms with E-state index in [1.165, 1.54) is 29.1 Å². The van der Waals surface area contributed by atoms with E-state index in [0.29, 0.717) is 0 Å². The van der Waals surface area contributed by atoms with Crippen LogP contribution in [0, 0.1) is 0 Å². The van der Waals surface area contributed by atoms with Crippen LogP contribution >= 0.6 is 6.72 Å². The average Bonchev–Trinajstić information content (AvgIpc) is 2.72. The number of amides is 1. The van der Waals surface area contributed by atoms with Crippen LogP contribution in [0.25, 0.3) is 0 Å². The summed E-state index contributed by atoms with van der Waals surface area (Å²) in [6.45, 7) is -4.40. The molecule has 1 aliphatic heterocycles. The lowest BCUT2D eigenvalue weighted by molar-refractivity contribution is -0.764. The summed E-state index contributed by atoms with van der Waals surface area (Å²) in [4.78, 5) is 29.1. The number of alkyl halides is 1. The van der Waals surface area contributed by atoms with Crippen LogP contribution < -0.4 is 10.3 Å². The van der Waals surface area contributed by atoms with E-state index in [4.69, 9.17) is 20.3 Å². The maximum absolute atomic E-state index is 14.2. The minimum absolute atomic E-state index is 0.147. The monoisotopic (exact) mass is 353 g/mol. The predicted octanol–water partition coefficient (Wildman–Crippen LogP) is -1.10. The van der Waals surface area contributed by atoms with Crippen LogP contribution in [-0.4, -0.2) is 45.8 Å². The first kappa shape index (κ1) is 17.4. The summed E-state index contributed by atoms with van der Waals surface area (Å²) in [5, 5.41) is 9.79. The number of rotatable bonds is 5. The lowest BCUT2D eigenvalue weighted by atomic mass is 10.1. The minimum Gasteiger partial charge on any atom is -0.387 e. The van der Waals surface area contributed by atoms with E-state index in [1.807, 2.05) is 0 Å². The normalized spacial score (nSPS) is 28.7. The first-order chi connectivity index (χ1) is 10.2. The van der Waals surface area contributed by atoms with Crippen molar-refractivity contribution in [1.29, 1.82) is 0 Å². The number of aliphatic hydroxyl groups excluding tert-OH is 1. The SMILES string of the molecule is NC(=O)c1ccc[n+](C2OC(COP(O)(O)=S)C(O)C2F)c1. The summed E-state index contributed by atoms with van der Waals surface area (Å²) in [7, 11) is 0. The molecule has 11 heteroatoms. The van der Waals surface area contributed by atoms with Crippen molar-refractivity contribution in [1.82, 2.24) is 0 Å². The molecule has 122 valence electrons. The number of aliphatic hydroxyl groups is 1. The third kappa shape index (κ3) is 4.05. The Balaban J connectivity index is 2.14. The van der Waals surface area contributed by atoms with Crippen LogP contribution in [0.4, 0.5) is 4.39 Å². The molecule has 1 amide bonds. The molecule has 0 radical (unpaired) electrons. The van der Waals surface area contributed by atoms with Gasteiger partial charge in [0.1, 0.15) is 17.8 Å². The van der Waals surface area contributed by atoms with Crippen LogP contribution in [0.5, 0.6) is 0 Å². The fourth-order valence-electron chi connectivity index (χ4n) is 2.05. The van der Waals surface area contributed by atoms with Gasteiger partial charge in [-0.15, -0.1) is 0 Å². The van der Waals surface area contributed by atoms with Crippen molar-refractivity contribution < 1.29 is 37.9 Å². The smallest absolute Gasteiger partial charge is 0.321 e. The third-order valence-electron chi connectivity index (χ3n) is 3.10. The van der Waals surface area contributed by atoms with E-state index in [0.717, 1.165) is 0 Å². The first-order valence-electron chi connectivity index (χ1n) is 6.17. The van der Waals surface area contributed by atoms with Gasteiger partial charge in [0.05, 0.1) is 6.61 Å². The number of halogens is 1. The topological polar surface area (TPSA) is 126 Å². The van der Waals surface area contributed by atoms with Gasteiger partial charge in [0, 0.05) is 6.07 Å². The highest BCUT2D eigenvalue weighted by Gasteiger charge is 2.50. The molecule has 1 saturated heterocycles. The molecule has 22 heavy (non-hydrogen) atoms. The molecule has 8 nitrogen and oxygen atoms in total. The number of aromatic nitrogens is 1. The van der Waals surface area contributed by atoms with Gasteiger partial charge in [-0.05, 0) is 17.9 Å². The van der Waals surface area contributed by atoms with Gasteiger partial charge in [0.15, 0.2) is 12.4 Å². The summed E-state index contributed by atoms with van der Waals surface area (Å²) in [6, 6.07) is 2.93. The molecule has 5 N–H and O–H groups in total. The maximum Gasteiger partial charge on any atom is 0.321 e. The highest BCUT2D eigenvalue weighted by molar-refractivity contribution is 8.06. The van der Waals surface area contributed by atoms with E-state index in [-0.39, 0.29) is 5.56 Å². The number of carbonyl (C=O) groups excluding carboxylic acids is 1. The Kier molecular flexibility index (Phi) is 5.23. The van der Waals surface area contributed by atoms with Crippen LogP contribution in [0.1, 0.15) is 16.6 Å². The van der Waals surface area contributed by atoms with Gasteiger partial charge in [-0.3, -0.25) is 4.79 Å². The second kappa shape index (κ2) is 6.63. The Morgan fingerprint density at radius 3 is 2.86 bits per heavy atom. The molecule has 0 aromatic carbocycles. The average molecular weight is 353 g/mol. The largest absolute Gasteiger partial charge is 0.387 e. The van der Waals surface area contributed by atoms with E-state index >= 15 is 0 Å². The molecule has 1 fully saturated rings. The van der Waals surface area contributed by atoms with Gasteiger partial charge in [0.25, 0.3) is 12.1 Å². The number of nitrogens with zero attached hydrogens (tertiary/aromatic N) is 1. The quantitative estimate of drug-likeness (QED) is 0.391. The van der Waals surface area contributed by atoms with E-state index in [2.05, 4.69) is 16.3 Å². The molecular formula is C11H15FN2O6PS+. The zero-order valence-electron chi connectivity index (χ0n) is 11.2. The van der Waals surface area contributed by atoms with Crippen molar-refractivity contribution in [2.75, 3.05) is 6.61 Å². The van der Waals surface area contributed by atoms with Crippen LogP contribution in [0.3, 0.4) is 0 Å². The molecule has 0 spiro atoms. The molecule has 0 aliphatic carbocycles. The van der Waals surface area contributed by atoms with E-state index in [1.54, 1.807) is 0 Å². The molecule has 4 unspecified atom stereocenters. The molecule has 0 bridgehead atoms. The van der Waals surface area contributed by atoms with Crippen molar-refractivity contribution in [3.8, 4) is 0 Å². The third-order valence-corrected chi connectivity index (χ3v) is 3.90. The van der Waals surface area contributed by atoms with Crippen LogP contribution in [-0.2, 0) is 21.1 Å². The number of nitrogens with two attached hydrogens (primary N) is 1. The van der Waals surface area contributed by atoms with Gasteiger partial charge < -0.3 is 29.9 Å². The predicted molar refractivity (Wildman–Crippen MR) is 74.6 cm³/mol. The highest BCUT2D eigenvalue weighted by atomic mass is 32.5. The number of carbonyl (C=O) groups is 1. The Hall–Kier alpha value is -1.00. The maximum atomic E-state index is 14.2. The summed E-state index contributed by atoms with van der Waals surface area (Å²) < 4.78 is 25.3. The van der Waals surface area contributed by atoms with Crippen LogP contribution in [0.2, 0.25) is 0 Å². The van der Waals surface area contributed by atoms with E-state index in [9.17, 15) is 14.3 Å². The molecular weight excluding hydrogens is 338 g/mol. The molecule has 0 saturated carbocycles. The highest BCUT2D eigenvalue weighted by Crippen LogP contribution is 2.38. The van der Waals surface area contributed by atoms with Gasteiger partial charge >= 0.3 is 6.72 Å². The van der Waals surface area contributed by atoms with Crippen molar-refractivity contribution >= 4 is 24.4 Å². The second-order valence-electron chi connectivity index (χ2n) is 4.69. The molecule has 1 aromatic heterocycles. The summed E-state index contributed by atoms with van der Waals surface area (Å²) >= 11 is 4.27. The van der Waals surface area contributed by atoms with Gasteiger partial charge in [0.2, 0.25) is 6.17 Å². The Labute approximate surface area is 130 Å². The summed E-state index contributed by atoms with van der Waals surface area (Å²) in [5.74, 6) is -0.690. The second-order valence-corrected chi connectivity index (χ2v) is 7.36. The van der Waals surface area contributed by atoms with E-state index < -0.39 is 43.8 Å². The fourth-order valence-corrected chi connectivity index (χ4v) is 2.57. The number of hydrogen-bond donors (Lipinski definition) is 4. The summed E-state index contributed by atoms with van der Waals surface area (Å²) in [6.07, 6.45) is -2.96. The van der Waals surface area contributed by atoms with Crippen LogP contribution in [0.15, 0.2) is 24.5 Å². The number of pyridine rings is 1. The lowest BCUT2D eigenvalue weighted by Crippen LogP contribution is -2.45. The molecule has 2 rings (SSSR count). The standard InChI is InChI=1S/C11H14FN2O6PS/c12-8-9(15)7(5-19-21(17,18)22)20-11(8)14-3-1-2-6(4-14)10(13)16/h1-4,7-9,11,15H,5H2,(H3-,13,16,17,18,22)/p+1. The van der Waals surface area contributed by atoms with Crippen molar-refractivity contribution in [2.45, 2.75) is 24.6 Å². The Morgan fingerprint density at radius 1 is 1.59 bits per heavy atom. The zero-order chi connectivity index (χ0) is 16.5. The number of primary amides is 1. The van der Waals surface area contributed by atoms with Gasteiger partial charge in [-0.25, -0.2) is 4.39 Å². The minimum atomic E-state index is -3.93. The Morgan fingerprint density at radius 2 is 2.27 bits per heavy atom. The van der Waals surface area contributed by atoms with Gasteiger partial charge in [-0.2, -0.15) is 4.57 Å². The number of hydrogen-bond acceptors (Lipinski definition) is 5. The molecule has 1 aromatic rings. The summed E-state index contributed by atoms with van der Waals surface area (Å²) in [5.41, 5.74) is 5.29.